The van der Waals surface area contributed by atoms with Gasteiger partial charge in [-0.25, -0.2) is 0 Å². The predicted molar refractivity (Wildman–Crippen MR) is 65.8 cm³/mol. The van der Waals surface area contributed by atoms with E-state index in [2.05, 4.69) is 5.32 Å². The molecule has 6 heteroatoms. The summed E-state index contributed by atoms with van der Waals surface area (Å²) < 4.78 is 39.2. The lowest BCUT2D eigenvalue weighted by Gasteiger charge is -2.35. The van der Waals surface area contributed by atoms with Crippen molar-refractivity contribution in [3.63, 3.8) is 0 Å². The number of hydrogen-bond acceptors (Lipinski definition) is 3. The Balaban J connectivity index is 2.42. The maximum Gasteiger partial charge on any atom is 0.418 e. The van der Waals surface area contributed by atoms with Crippen molar-refractivity contribution in [3.8, 4) is 6.07 Å². The van der Waals surface area contributed by atoms with Crippen LogP contribution in [0.3, 0.4) is 0 Å². The lowest BCUT2D eigenvalue weighted by atomic mass is 10.1. The summed E-state index contributed by atoms with van der Waals surface area (Å²) >= 11 is 0. The second kappa shape index (κ2) is 5.10. The standard InChI is InChI=1S/C13H14F3N3/c1-9-8-19(5-4-18-9)12-3-2-10(7-17)6-11(12)13(14,15)16/h2-3,6,9,18H,4-5,8H2,1H3. The van der Waals surface area contributed by atoms with E-state index in [1.807, 2.05) is 6.92 Å². The van der Waals surface area contributed by atoms with Gasteiger partial charge < -0.3 is 10.2 Å². The van der Waals surface area contributed by atoms with E-state index < -0.39 is 11.7 Å². The molecule has 0 aromatic heterocycles. The molecule has 1 unspecified atom stereocenters. The second-order valence-corrected chi connectivity index (χ2v) is 4.64. The Morgan fingerprint density at radius 1 is 1.42 bits per heavy atom. The molecule has 19 heavy (non-hydrogen) atoms. The molecule has 1 aliphatic rings. The van der Waals surface area contributed by atoms with Crippen LogP contribution in [0.15, 0.2) is 18.2 Å². The van der Waals surface area contributed by atoms with Crippen molar-refractivity contribution in [1.82, 2.24) is 5.32 Å². The van der Waals surface area contributed by atoms with Crippen molar-refractivity contribution in [3.05, 3.63) is 29.3 Å². The Bertz CT molecular complexity index is 505. The molecule has 1 atom stereocenters. The van der Waals surface area contributed by atoms with Crippen molar-refractivity contribution >= 4 is 5.69 Å². The highest BCUT2D eigenvalue weighted by Gasteiger charge is 2.35. The van der Waals surface area contributed by atoms with Gasteiger partial charge in [-0.1, -0.05) is 0 Å². The maximum absolute atomic E-state index is 13.1. The molecule has 1 aromatic carbocycles. The number of nitriles is 1. The molecule has 1 heterocycles. The summed E-state index contributed by atoms with van der Waals surface area (Å²) in [5.74, 6) is 0. The minimum atomic E-state index is -4.45. The zero-order valence-electron chi connectivity index (χ0n) is 10.5. The summed E-state index contributed by atoms with van der Waals surface area (Å²) in [4.78, 5) is 1.71. The third-order valence-electron chi connectivity index (χ3n) is 3.14. The number of piperazine rings is 1. The topological polar surface area (TPSA) is 39.1 Å². The van der Waals surface area contributed by atoms with Gasteiger partial charge in [-0.2, -0.15) is 18.4 Å². The summed E-state index contributed by atoms with van der Waals surface area (Å²) in [5, 5.41) is 11.9. The van der Waals surface area contributed by atoms with Gasteiger partial charge in [0.15, 0.2) is 0 Å². The number of halogens is 3. The van der Waals surface area contributed by atoms with Crippen molar-refractivity contribution in [2.24, 2.45) is 0 Å². The van der Waals surface area contributed by atoms with Gasteiger partial charge in [0.25, 0.3) is 0 Å². The average molecular weight is 269 g/mol. The molecule has 0 amide bonds. The fraction of sp³-hybridized carbons (Fsp3) is 0.462. The highest BCUT2D eigenvalue weighted by atomic mass is 19.4. The smallest absolute Gasteiger partial charge is 0.368 e. The molecule has 1 fully saturated rings. The van der Waals surface area contributed by atoms with Gasteiger partial charge in [-0.05, 0) is 25.1 Å². The van der Waals surface area contributed by atoms with Gasteiger partial charge >= 0.3 is 6.18 Å². The van der Waals surface area contributed by atoms with E-state index in [0.29, 0.717) is 19.6 Å². The van der Waals surface area contributed by atoms with E-state index in [9.17, 15) is 13.2 Å². The van der Waals surface area contributed by atoms with Crippen LogP contribution >= 0.6 is 0 Å². The van der Waals surface area contributed by atoms with Crippen molar-refractivity contribution < 1.29 is 13.2 Å². The van der Waals surface area contributed by atoms with Crippen LogP contribution in [0.1, 0.15) is 18.1 Å². The van der Waals surface area contributed by atoms with Gasteiger partial charge in [-0.15, -0.1) is 0 Å². The molecule has 1 saturated heterocycles. The summed E-state index contributed by atoms with van der Waals surface area (Å²) in [6.07, 6.45) is -4.45. The molecule has 0 radical (unpaired) electrons. The molecule has 0 saturated carbocycles. The highest BCUT2D eigenvalue weighted by molar-refractivity contribution is 5.58. The monoisotopic (exact) mass is 269 g/mol. The Hall–Kier alpha value is -1.74. The number of nitrogens with one attached hydrogen (secondary N) is 1. The minimum absolute atomic E-state index is 0.0271. The van der Waals surface area contributed by atoms with Crippen LogP contribution in [0.2, 0.25) is 0 Å². The molecule has 2 rings (SSSR count). The van der Waals surface area contributed by atoms with Crippen LogP contribution in [0.4, 0.5) is 18.9 Å². The van der Waals surface area contributed by atoms with Crippen LogP contribution in [-0.2, 0) is 6.18 Å². The van der Waals surface area contributed by atoms with E-state index in [0.717, 1.165) is 6.07 Å². The predicted octanol–water partition coefficient (Wildman–Crippen LogP) is 2.38. The first kappa shape index (κ1) is 13.7. The second-order valence-electron chi connectivity index (χ2n) is 4.64. The highest BCUT2D eigenvalue weighted by Crippen LogP contribution is 2.37. The number of alkyl halides is 3. The molecule has 0 aliphatic carbocycles. The number of rotatable bonds is 1. The first-order valence-corrected chi connectivity index (χ1v) is 6.01. The average Bonchev–Trinajstić information content (AvgIpc) is 2.37. The quantitative estimate of drug-likeness (QED) is 0.850. The lowest BCUT2D eigenvalue weighted by molar-refractivity contribution is -0.137. The van der Waals surface area contributed by atoms with E-state index in [-0.39, 0.29) is 17.3 Å². The van der Waals surface area contributed by atoms with Gasteiger partial charge in [-0.3, -0.25) is 0 Å². The van der Waals surface area contributed by atoms with Crippen LogP contribution in [0.25, 0.3) is 0 Å². The Labute approximate surface area is 109 Å². The number of hydrogen-bond donors (Lipinski definition) is 1. The van der Waals surface area contributed by atoms with Crippen molar-refractivity contribution in [2.75, 3.05) is 24.5 Å². The minimum Gasteiger partial charge on any atom is -0.368 e. The molecule has 102 valence electrons. The summed E-state index contributed by atoms with van der Waals surface area (Å²) in [7, 11) is 0. The van der Waals surface area contributed by atoms with Gasteiger partial charge in [0, 0.05) is 31.4 Å². The van der Waals surface area contributed by atoms with Crippen LogP contribution in [0.5, 0.6) is 0 Å². The Morgan fingerprint density at radius 2 is 2.16 bits per heavy atom. The van der Waals surface area contributed by atoms with Gasteiger partial charge in [0.05, 0.1) is 17.2 Å². The van der Waals surface area contributed by atoms with Crippen LogP contribution < -0.4 is 10.2 Å². The van der Waals surface area contributed by atoms with E-state index in [4.69, 9.17) is 5.26 Å². The first-order chi connectivity index (χ1) is 8.91. The molecule has 0 spiro atoms. The summed E-state index contributed by atoms with van der Waals surface area (Å²) in [6, 6.07) is 5.63. The third-order valence-corrected chi connectivity index (χ3v) is 3.14. The van der Waals surface area contributed by atoms with E-state index in [1.54, 1.807) is 11.0 Å². The first-order valence-electron chi connectivity index (χ1n) is 6.01. The van der Waals surface area contributed by atoms with Crippen LogP contribution in [0, 0.1) is 11.3 Å². The van der Waals surface area contributed by atoms with Crippen molar-refractivity contribution in [1.29, 1.82) is 5.26 Å². The van der Waals surface area contributed by atoms with E-state index in [1.165, 1.54) is 12.1 Å². The molecule has 3 nitrogen and oxygen atoms in total. The third kappa shape index (κ3) is 2.99. The largest absolute Gasteiger partial charge is 0.418 e. The Morgan fingerprint density at radius 3 is 2.74 bits per heavy atom. The number of nitrogens with zero attached hydrogens (tertiary/aromatic N) is 2. The molecule has 1 aromatic rings. The molecule has 1 aliphatic heterocycles. The van der Waals surface area contributed by atoms with Gasteiger partial charge in [0.1, 0.15) is 0 Å². The number of anilines is 1. The summed E-state index contributed by atoms with van der Waals surface area (Å²) in [5.41, 5.74) is -0.556. The molecular weight excluding hydrogens is 255 g/mol. The fourth-order valence-corrected chi connectivity index (χ4v) is 2.26. The lowest BCUT2D eigenvalue weighted by Crippen LogP contribution is -2.49. The molecule has 0 bridgehead atoms. The zero-order valence-corrected chi connectivity index (χ0v) is 10.5. The Kier molecular flexibility index (Phi) is 3.67. The molecular formula is C13H14F3N3. The normalized spacial score (nSPS) is 20.2. The fourth-order valence-electron chi connectivity index (χ4n) is 2.26. The van der Waals surface area contributed by atoms with Crippen LogP contribution in [-0.4, -0.2) is 25.7 Å². The van der Waals surface area contributed by atoms with Gasteiger partial charge in [0.2, 0.25) is 0 Å². The number of benzene rings is 1. The maximum atomic E-state index is 13.1. The van der Waals surface area contributed by atoms with Crippen molar-refractivity contribution in [2.45, 2.75) is 19.1 Å². The SMILES string of the molecule is CC1CN(c2ccc(C#N)cc2C(F)(F)F)CCN1. The van der Waals surface area contributed by atoms with E-state index >= 15 is 0 Å². The summed E-state index contributed by atoms with van der Waals surface area (Å²) in [6.45, 7) is 3.63. The zero-order chi connectivity index (χ0) is 14.0. The molecule has 1 N–H and O–H groups in total.